The number of hydrogen-bond acceptors (Lipinski definition) is 3. The third-order valence-corrected chi connectivity index (χ3v) is 2.62. The van der Waals surface area contributed by atoms with E-state index in [-0.39, 0.29) is 0 Å². The Labute approximate surface area is 94.8 Å². The SMILES string of the molecule is CCOc1ccc(Cl)cc1NC1CNC1. The fraction of sp³-hybridized carbons (Fsp3) is 0.455. The predicted molar refractivity (Wildman–Crippen MR) is 62.9 cm³/mol. The Kier molecular flexibility index (Phi) is 3.34. The van der Waals surface area contributed by atoms with E-state index in [1.54, 1.807) is 0 Å². The first-order chi connectivity index (χ1) is 7.29. The highest BCUT2D eigenvalue weighted by Gasteiger charge is 2.17. The third kappa shape index (κ3) is 2.55. The molecule has 0 bridgehead atoms. The Hall–Kier alpha value is -0.930. The van der Waals surface area contributed by atoms with Crippen LogP contribution in [0.5, 0.6) is 5.75 Å². The molecular formula is C11H15ClN2O. The first-order valence-corrected chi connectivity index (χ1v) is 5.57. The maximum absolute atomic E-state index is 5.95. The molecule has 4 heteroatoms. The van der Waals surface area contributed by atoms with Gasteiger partial charge in [0.05, 0.1) is 18.3 Å². The minimum absolute atomic E-state index is 0.489. The normalized spacial score (nSPS) is 15.9. The monoisotopic (exact) mass is 226 g/mol. The summed E-state index contributed by atoms with van der Waals surface area (Å²) in [6.45, 7) is 4.64. The van der Waals surface area contributed by atoms with Crippen LogP contribution in [0.3, 0.4) is 0 Å². The van der Waals surface area contributed by atoms with Crippen molar-refractivity contribution in [1.29, 1.82) is 0 Å². The van der Waals surface area contributed by atoms with Gasteiger partial charge in [-0.25, -0.2) is 0 Å². The molecule has 0 spiro atoms. The van der Waals surface area contributed by atoms with Crippen LogP contribution in [0.4, 0.5) is 5.69 Å². The van der Waals surface area contributed by atoms with E-state index in [1.165, 1.54) is 0 Å². The average Bonchev–Trinajstić information content (AvgIpc) is 2.16. The quantitative estimate of drug-likeness (QED) is 0.825. The zero-order valence-electron chi connectivity index (χ0n) is 8.72. The van der Waals surface area contributed by atoms with Crippen molar-refractivity contribution in [2.75, 3.05) is 25.0 Å². The number of hydrogen-bond donors (Lipinski definition) is 2. The molecule has 0 aliphatic carbocycles. The highest BCUT2D eigenvalue weighted by Crippen LogP contribution is 2.28. The number of rotatable bonds is 4. The predicted octanol–water partition coefficient (Wildman–Crippen LogP) is 2.12. The Morgan fingerprint density at radius 3 is 2.93 bits per heavy atom. The molecule has 0 atom stereocenters. The van der Waals surface area contributed by atoms with Crippen LogP contribution in [0.15, 0.2) is 18.2 Å². The zero-order valence-corrected chi connectivity index (χ0v) is 9.47. The smallest absolute Gasteiger partial charge is 0.142 e. The van der Waals surface area contributed by atoms with Crippen molar-refractivity contribution in [2.24, 2.45) is 0 Å². The van der Waals surface area contributed by atoms with Crippen molar-refractivity contribution in [1.82, 2.24) is 5.32 Å². The number of benzene rings is 1. The van der Waals surface area contributed by atoms with Crippen LogP contribution in [-0.2, 0) is 0 Å². The van der Waals surface area contributed by atoms with Gasteiger partial charge in [0.15, 0.2) is 0 Å². The molecule has 0 amide bonds. The highest BCUT2D eigenvalue weighted by atomic mass is 35.5. The van der Waals surface area contributed by atoms with Gasteiger partial charge >= 0.3 is 0 Å². The summed E-state index contributed by atoms with van der Waals surface area (Å²) in [5.41, 5.74) is 0.982. The van der Waals surface area contributed by atoms with Gasteiger partial charge in [-0.3, -0.25) is 0 Å². The summed E-state index contributed by atoms with van der Waals surface area (Å²) >= 11 is 5.95. The van der Waals surface area contributed by atoms with Gasteiger partial charge in [0.2, 0.25) is 0 Å². The zero-order chi connectivity index (χ0) is 10.7. The first-order valence-electron chi connectivity index (χ1n) is 5.19. The minimum Gasteiger partial charge on any atom is -0.492 e. The van der Waals surface area contributed by atoms with E-state index in [0.717, 1.165) is 29.5 Å². The van der Waals surface area contributed by atoms with E-state index in [2.05, 4.69) is 10.6 Å². The Morgan fingerprint density at radius 2 is 2.33 bits per heavy atom. The van der Waals surface area contributed by atoms with Gasteiger partial charge in [-0.05, 0) is 25.1 Å². The molecule has 1 aliphatic rings. The number of halogens is 1. The number of ether oxygens (including phenoxy) is 1. The van der Waals surface area contributed by atoms with Crippen LogP contribution >= 0.6 is 11.6 Å². The lowest BCUT2D eigenvalue weighted by molar-refractivity contribution is 0.340. The Morgan fingerprint density at radius 1 is 1.53 bits per heavy atom. The lowest BCUT2D eigenvalue weighted by Crippen LogP contribution is -2.51. The molecule has 0 saturated carbocycles. The maximum Gasteiger partial charge on any atom is 0.142 e. The van der Waals surface area contributed by atoms with Crippen LogP contribution in [0.2, 0.25) is 5.02 Å². The summed E-state index contributed by atoms with van der Waals surface area (Å²) in [4.78, 5) is 0. The molecule has 1 aromatic rings. The molecular weight excluding hydrogens is 212 g/mol. The maximum atomic E-state index is 5.95. The average molecular weight is 227 g/mol. The standard InChI is InChI=1S/C11H15ClN2O/c1-2-15-11-4-3-8(12)5-10(11)14-9-6-13-7-9/h3-5,9,13-14H,2,6-7H2,1H3. The van der Waals surface area contributed by atoms with Crippen LogP contribution in [0.25, 0.3) is 0 Å². The van der Waals surface area contributed by atoms with E-state index in [1.807, 2.05) is 25.1 Å². The van der Waals surface area contributed by atoms with E-state index in [9.17, 15) is 0 Å². The molecule has 1 aliphatic heterocycles. The molecule has 0 unspecified atom stereocenters. The van der Waals surface area contributed by atoms with E-state index in [4.69, 9.17) is 16.3 Å². The van der Waals surface area contributed by atoms with Crippen LogP contribution < -0.4 is 15.4 Å². The molecule has 2 N–H and O–H groups in total. The molecule has 1 heterocycles. The molecule has 0 radical (unpaired) electrons. The van der Waals surface area contributed by atoms with E-state index < -0.39 is 0 Å². The van der Waals surface area contributed by atoms with Crippen LogP contribution in [0.1, 0.15) is 6.92 Å². The van der Waals surface area contributed by atoms with Crippen molar-refractivity contribution in [3.05, 3.63) is 23.2 Å². The summed E-state index contributed by atoms with van der Waals surface area (Å²) < 4.78 is 5.52. The second-order valence-electron chi connectivity index (χ2n) is 3.57. The lowest BCUT2D eigenvalue weighted by atomic mass is 10.1. The molecule has 3 nitrogen and oxygen atoms in total. The minimum atomic E-state index is 0.489. The molecule has 1 saturated heterocycles. The van der Waals surface area contributed by atoms with Crippen molar-refractivity contribution < 1.29 is 4.74 Å². The second-order valence-corrected chi connectivity index (χ2v) is 4.01. The summed E-state index contributed by atoms with van der Waals surface area (Å²) in [7, 11) is 0. The van der Waals surface area contributed by atoms with Gasteiger partial charge in [-0.2, -0.15) is 0 Å². The lowest BCUT2D eigenvalue weighted by Gasteiger charge is -2.29. The summed E-state index contributed by atoms with van der Waals surface area (Å²) in [6, 6.07) is 6.14. The van der Waals surface area contributed by atoms with Gasteiger partial charge in [0.1, 0.15) is 5.75 Å². The largest absolute Gasteiger partial charge is 0.492 e. The molecule has 15 heavy (non-hydrogen) atoms. The fourth-order valence-corrected chi connectivity index (χ4v) is 1.68. The summed E-state index contributed by atoms with van der Waals surface area (Å²) in [5.74, 6) is 0.869. The van der Waals surface area contributed by atoms with Gasteiger partial charge in [0.25, 0.3) is 0 Å². The number of nitrogens with one attached hydrogen (secondary N) is 2. The van der Waals surface area contributed by atoms with Gasteiger partial charge in [0, 0.05) is 18.1 Å². The van der Waals surface area contributed by atoms with Crippen LogP contribution in [-0.4, -0.2) is 25.7 Å². The van der Waals surface area contributed by atoms with Crippen LogP contribution in [0, 0.1) is 0 Å². The van der Waals surface area contributed by atoms with Crippen molar-refractivity contribution in [2.45, 2.75) is 13.0 Å². The summed E-state index contributed by atoms with van der Waals surface area (Å²) in [5, 5.41) is 7.34. The Bertz CT molecular complexity index is 339. The molecule has 0 aromatic heterocycles. The molecule has 1 fully saturated rings. The highest BCUT2D eigenvalue weighted by molar-refractivity contribution is 6.30. The van der Waals surface area contributed by atoms with Crippen molar-refractivity contribution in [3.63, 3.8) is 0 Å². The summed E-state index contributed by atoms with van der Waals surface area (Å²) in [6.07, 6.45) is 0. The van der Waals surface area contributed by atoms with Crippen molar-refractivity contribution in [3.8, 4) is 5.75 Å². The number of anilines is 1. The third-order valence-electron chi connectivity index (χ3n) is 2.38. The van der Waals surface area contributed by atoms with Gasteiger partial charge in [-0.15, -0.1) is 0 Å². The molecule has 82 valence electrons. The van der Waals surface area contributed by atoms with E-state index >= 15 is 0 Å². The second kappa shape index (κ2) is 4.73. The first kappa shape index (κ1) is 10.6. The van der Waals surface area contributed by atoms with Gasteiger partial charge < -0.3 is 15.4 Å². The Balaban J connectivity index is 2.13. The topological polar surface area (TPSA) is 33.3 Å². The molecule has 2 rings (SSSR count). The molecule has 1 aromatic carbocycles. The van der Waals surface area contributed by atoms with E-state index in [0.29, 0.717) is 12.6 Å². The fourth-order valence-electron chi connectivity index (χ4n) is 1.51. The van der Waals surface area contributed by atoms with Crippen molar-refractivity contribution >= 4 is 17.3 Å². The van der Waals surface area contributed by atoms with Gasteiger partial charge in [-0.1, -0.05) is 11.6 Å².